The highest BCUT2D eigenvalue weighted by molar-refractivity contribution is 5.82. The summed E-state index contributed by atoms with van der Waals surface area (Å²) in [5.41, 5.74) is 2.82. The van der Waals surface area contributed by atoms with E-state index in [1.165, 1.54) is 12.7 Å². The molecule has 19 heavy (non-hydrogen) atoms. The summed E-state index contributed by atoms with van der Waals surface area (Å²) in [5, 5.41) is 27.7. The second-order valence-electron chi connectivity index (χ2n) is 4.27. The molecule has 0 bridgehead atoms. The minimum absolute atomic E-state index is 0.195. The normalized spacial score (nSPS) is 27.0. The Bertz CT molecular complexity index is 588. The van der Waals surface area contributed by atoms with Crippen molar-refractivity contribution in [3.8, 4) is 0 Å². The van der Waals surface area contributed by atoms with Gasteiger partial charge in [0.25, 0.3) is 0 Å². The molecule has 0 aromatic carbocycles. The van der Waals surface area contributed by atoms with Gasteiger partial charge in [-0.05, 0) is 0 Å². The lowest BCUT2D eigenvalue weighted by molar-refractivity contribution is -0.0432. The monoisotopic (exact) mass is 267 g/mol. The maximum absolute atomic E-state index is 9.73. The number of fused-ring (bicyclic) bond motifs is 1. The van der Waals surface area contributed by atoms with Gasteiger partial charge in [-0.25, -0.2) is 15.0 Å². The van der Waals surface area contributed by atoms with Crippen molar-refractivity contribution in [2.45, 2.75) is 24.9 Å². The largest absolute Gasteiger partial charge is 0.394 e. The zero-order valence-corrected chi connectivity index (χ0v) is 9.84. The molecule has 2 aromatic rings. The summed E-state index contributed by atoms with van der Waals surface area (Å²) in [5.74, 6) is 0.195. The molecule has 0 aliphatic carbocycles. The van der Waals surface area contributed by atoms with Crippen molar-refractivity contribution in [3.63, 3.8) is 0 Å². The second-order valence-corrected chi connectivity index (χ2v) is 4.27. The molecule has 4 N–H and O–H groups in total. The van der Waals surface area contributed by atoms with E-state index in [-0.39, 0.29) is 12.4 Å². The molecule has 0 saturated carbocycles. The molecule has 1 aliphatic heterocycles. The van der Waals surface area contributed by atoms with Crippen LogP contribution in [0.2, 0.25) is 0 Å². The molecule has 1 fully saturated rings. The first kappa shape index (κ1) is 12.2. The Morgan fingerprint density at radius 1 is 1.42 bits per heavy atom. The summed E-state index contributed by atoms with van der Waals surface area (Å²) in [4.78, 5) is 12.0. The first-order valence-electron chi connectivity index (χ1n) is 5.76. The van der Waals surface area contributed by atoms with Crippen LogP contribution in [-0.2, 0) is 4.74 Å². The Morgan fingerprint density at radius 3 is 2.95 bits per heavy atom. The fourth-order valence-corrected chi connectivity index (χ4v) is 2.19. The highest BCUT2D eigenvalue weighted by Crippen LogP contribution is 2.31. The average molecular weight is 267 g/mol. The number of anilines is 1. The van der Waals surface area contributed by atoms with Gasteiger partial charge in [-0.2, -0.15) is 0 Å². The van der Waals surface area contributed by atoms with E-state index >= 15 is 0 Å². The van der Waals surface area contributed by atoms with E-state index < -0.39 is 18.4 Å². The van der Waals surface area contributed by atoms with Gasteiger partial charge >= 0.3 is 0 Å². The van der Waals surface area contributed by atoms with E-state index in [0.29, 0.717) is 17.6 Å². The van der Waals surface area contributed by atoms with Gasteiger partial charge in [-0.15, -0.1) is 0 Å². The number of hydrogen-bond acceptors (Lipinski definition) is 8. The molecule has 0 radical (unpaired) electrons. The third-order valence-electron chi connectivity index (χ3n) is 3.16. The number of ether oxygens (including phenoxy) is 1. The SMILES string of the molecule is OC[C@@H]1O[C@@H](n2cnc3c(NO)ncnc32)C[C@H]1O. The molecule has 3 rings (SSSR count). The van der Waals surface area contributed by atoms with Crippen molar-refractivity contribution < 1.29 is 20.2 Å². The topological polar surface area (TPSA) is 126 Å². The molecule has 3 heterocycles. The Balaban J connectivity index is 1.98. The molecule has 0 spiro atoms. The van der Waals surface area contributed by atoms with Crippen LogP contribution in [0.25, 0.3) is 11.2 Å². The van der Waals surface area contributed by atoms with Gasteiger partial charge in [0.2, 0.25) is 0 Å². The molecule has 9 nitrogen and oxygen atoms in total. The molecule has 1 aliphatic rings. The van der Waals surface area contributed by atoms with Gasteiger partial charge in [-0.3, -0.25) is 15.3 Å². The maximum Gasteiger partial charge on any atom is 0.181 e. The summed E-state index contributed by atoms with van der Waals surface area (Å²) < 4.78 is 7.16. The summed E-state index contributed by atoms with van der Waals surface area (Å²) in [6, 6.07) is 0. The predicted octanol–water partition coefficient (Wildman–Crippen LogP) is -0.732. The van der Waals surface area contributed by atoms with Crippen molar-refractivity contribution in [2.75, 3.05) is 12.1 Å². The number of rotatable bonds is 3. The summed E-state index contributed by atoms with van der Waals surface area (Å²) in [6.45, 7) is -0.247. The van der Waals surface area contributed by atoms with Crippen LogP contribution in [0.15, 0.2) is 12.7 Å². The number of aliphatic hydroxyl groups is 2. The van der Waals surface area contributed by atoms with E-state index in [2.05, 4.69) is 15.0 Å². The maximum atomic E-state index is 9.73. The van der Waals surface area contributed by atoms with Crippen molar-refractivity contribution in [1.29, 1.82) is 0 Å². The Morgan fingerprint density at radius 2 is 2.26 bits per heavy atom. The number of nitrogens with one attached hydrogen (secondary N) is 1. The van der Waals surface area contributed by atoms with Gasteiger partial charge in [-0.1, -0.05) is 0 Å². The van der Waals surface area contributed by atoms with E-state index in [0.717, 1.165) is 0 Å². The van der Waals surface area contributed by atoms with Crippen LogP contribution in [-0.4, -0.2) is 53.8 Å². The lowest BCUT2D eigenvalue weighted by atomic mass is 10.2. The Kier molecular flexibility index (Phi) is 3.03. The number of aliphatic hydroxyl groups excluding tert-OH is 2. The third-order valence-corrected chi connectivity index (χ3v) is 3.16. The van der Waals surface area contributed by atoms with E-state index in [1.807, 2.05) is 5.48 Å². The van der Waals surface area contributed by atoms with Crippen molar-refractivity contribution >= 4 is 17.0 Å². The summed E-state index contributed by atoms with van der Waals surface area (Å²) >= 11 is 0. The molecule has 0 amide bonds. The third kappa shape index (κ3) is 1.92. The quantitative estimate of drug-likeness (QED) is 0.536. The van der Waals surface area contributed by atoms with Crippen LogP contribution in [0.5, 0.6) is 0 Å². The highest BCUT2D eigenvalue weighted by Gasteiger charge is 2.35. The van der Waals surface area contributed by atoms with Crippen LogP contribution in [0.4, 0.5) is 5.82 Å². The van der Waals surface area contributed by atoms with Crippen LogP contribution in [0.1, 0.15) is 12.6 Å². The molecular formula is C10H13N5O4. The van der Waals surface area contributed by atoms with Crippen LogP contribution < -0.4 is 5.48 Å². The Hall–Kier alpha value is -1.81. The minimum Gasteiger partial charge on any atom is -0.394 e. The zero-order chi connectivity index (χ0) is 13.4. The first-order valence-corrected chi connectivity index (χ1v) is 5.76. The van der Waals surface area contributed by atoms with Gasteiger partial charge in [0, 0.05) is 6.42 Å². The molecule has 0 unspecified atom stereocenters. The fourth-order valence-electron chi connectivity index (χ4n) is 2.19. The van der Waals surface area contributed by atoms with Crippen molar-refractivity contribution in [1.82, 2.24) is 19.5 Å². The number of nitrogens with zero attached hydrogens (tertiary/aromatic N) is 4. The summed E-state index contributed by atoms with van der Waals surface area (Å²) in [7, 11) is 0. The average Bonchev–Trinajstić information content (AvgIpc) is 3.01. The first-order chi connectivity index (χ1) is 9.24. The van der Waals surface area contributed by atoms with Gasteiger partial charge < -0.3 is 14.9 Å². The van der Waals surface area contributed by atoms with E-state index in [1.54, 1.807) is 4.57 Å². The molecule has 102 valence electrons. The minimum atomic E-state index is -0.732. The lowest BCUT2D eigenvalue weighted by Gasteiger charge is -2.13. The number of imidazole rings is 1. The smallest absolute Gasteiger partial charge is 0.181 e. The van der Waals surface area contributed by atoms with E-state index in [4.69, 9.17) is 15.1 Å². The van der Waals surface area contributed by atoms with Gasteiger partial charge in [0.1, 0.15) is 18.7 Å². The number of aromatic nitrogens is 4. The van der Waals surface area contributed by atoms with Crippen molar-refractivity contribution in [3.05, 3.63) is 12.7 Å². The molecule has 2 aromatic heterocycles. The van der Waals surface area contributed by atoms with Crippen LogP contribution >= 0.6 is 0 Å². The molecule has 3 atom stereocenters. The highest BCUT2D eigenvalue weighted by atomic mass is 16.5. The summed E-state index contributed by atoms with van der Waals surface area (Å²) in [6.07, 6.45) is 1.32. The lowest BCUT2D eigenvalue weighted by Crippen LogP contribution is -2.24. The number of hydrogen-bond donors (Lipinski definition) is 4. The zero-order valence-electron chi connectivity index (χ0n) is 9.84. The molecular weight excluding hydrogens is 254 g/mol. The fraction of sp³-hybridized carbons (Fsp3) is 0.500. The van der Waals surface area contributed by atoms with E-state index in [9.17, 15) is 5.11 Å². The second kappa shape index (κ2) is 4.70. The standard InChI is InChI=1S/C10H13N5O4/c16-2-6-5(17)1-7(19-6)15-4-13-8-9(14-18)11-3-12-10(8)15/h3-7,16-18H,1-2H2,(H,11,12,14)/t5-,6+,7-/m1/s1. The molecule has 9 heteroatoms. The van der Waals surface area contributed by atoms with Crippen LogP contribution in [0.3, 0.4) is 0 Å². The van der Waals surface area contributed by atoms with Crippen molar-refractivity contribution in [2.24, 2.45) is 0 Å². The predicted molar refractivity (Wildman–Crippen MR) is 62.4 cm³/mol. The molecule has 1 saturated heterocycles. The Labute approximate surface area is 107 Å². The van der Waals surface area contributed by atoms with Crippen LogP contribution in [0, 0.1) is 0 Å². The van der Waals surface area contributed by atoms with Gasteiger partial charge in [0.05, 0.1) is 19.0 Å². The van der Waals surface area contributed by atoms with Gasteiger partial charge in [0.15, 0.2) is 17.0 Å².